The second kappa shape index (κ2) is 9.56. The molecule has 0 saturated carbocycles. The van der Waals surface area contributed by atoms with Crippen LogP contribution in [0.15, 0.2) is 47.4 Å². The van der Waals surface area contributed by atoms with E-state index < -0.39 is 33.5 Å². The highest BCUT2D eigenvalue weighted by Crippen LogP contribution is 2.25. The molecule has 0 spiro atoms. The van der Waals surface area contributed by atoms with Gasteiger partial charge in [-0.1, -0.05) is 32.9 Å². The van der Waals surface area contributed by atoms with Crippen LogP contribution in [0.4, 0.5) is 8.78 Å². The summed E-state index contributed by atoms with van der Waals surface area (Å²) in [5.41, 5.74) is 0.709. The minimum Gasteiger partial charge on any atom is -0.343 e. The number of benzene rings is 2. The van der Waals surface area contributed by atoms with Crippen molar-refractivity contribution in [3.05, 3.63) is 65.2 Å². The summed E-state index contributed by atoms with van der Waals surface area (Å²) in [6.45, 7) is 6.36. The molecule has 1 fully saturated rings. The van der Waals surface area contributed by atoms with E-state index in [4.69, 9.17) is 0 Å². The number of halogens is 2. The van der Waals surface area contributed by atoms with Gasteiger partial charge < -0.3 is 10.2 Å². The summed E-state index contributed by atoms with van der Waals surface area (Å²) in [5, 5.41) is 2.34. The predicted molar refractivity (Wildman–Crippen MR) is 119 cm³/mol. The summed E-state index contributed by atoms with van der Waals surface area (Å²) in [6.07, 6.45) is 0. The molecule has 2 aromatic rings. The third-order valence-electron chi connectivity index (χ3n) is 5.47. The Kier molecular flexibility index (Phi) is 7.18. The minimum absolute atomic E-state index is 0.0907. The second-order valence-corrected chi connectivity index (χ2v) is 10.8. The van der Waals surface area contributed by atoms with E-state index in [2.05, 4.69) is 5.32 Å². The average molecular weight is 480 g/mol. The summed E-state index contributed by atoms with van der Waals surface area (Å²) in [7, 11) is -3.69. The van der Waals surface area contributed by atoms with E-state index in [1.54, 1.807) is 24.3 Å². The Morgan fingerprint density at radius 1 is 0.939 bits per heavy atom. The number of nitrogens with one attached hydrogen (secondary N) is 1. The number of piperazine rings is 1. The fourth-order valence-corrected chi connectivity index (χ4v) is 4.93. The van der Waals surface area contributed by atoms with Crippen LogP contribution in [0.5, 0.6) is 0 Å². The third-order valence-corrected chi connectivity index (χ3v) is 7.39. The van der Waals surface area contributed by atoms with Crippen molar-refractivity contribution in [1.29, 1.82) is 0 Å². The molecule has 7 nitrogen and oxygen atoms in total. The van der Waals surface area contributed by atoms with Gasteiger partial charge in [0.15, 0.2) is 0 Å². The first-order chi connectivity index (χ1) is 15.4. The van der Waals surface area contributed by atoms with Gasteiger partial charge in [0.05, 0.1) is 11.4 Å². The fraction of sp³-hybridized carbons (Fsp3) is 0.391. The maximum atomic E-state index is 13.3. The Hall–Kier alpha value is -2.85. The van der Waals surface area contributed by atoms with Crippen LogP contribution in [0.1, 0.15) is 36.7 Å². The maximum absolute atomic E-state index is 13.3. The third kappa shape index (κ3) is 5.94. The summed E-state index contributed by atoms with van der Waals surface area (Å²) < 4.78 is 53.8. The van der Waals surface area contributed by atoms with E-state index in [-0.39, 0.29) is 48.6 Å². The molecule has 1 heterocycles. The molecule has 1 aliphatic rings. The molecule has 0 unspecified atom stereocenters. The quantitative estimate of drug-likeness (QED) is 0.714. The molecule has 3 rings (SSSR count). The van der Waals surface area contributed by atoms with Gasteiger partial charge in [0, 0.05) is 37.8 Å². The van der Waals surface area contributed by atoms with Crippen LogP contribution in [0.3, 0.4) is 0 Å². The van der Waals surface area contributed by atoms with Crippen molar-refractivity contribution in [3.8, 4) is 0 Å². The Labute approximate surface area is 192 Å². The largest absolute Gasteiger partial charge is 0.343 e. The number of sulfonamides is 1. The van der Waals surface area contributed by atoms with Crippen LogP contribution >= 0.6 is 0 Å². The van der Waals surface area contributed by atoms with Gasteiger partial charge in [-0.15, -0.1) is 0 Å². The monoisotopic (exact) mass is 479 g/mol. The summed E-state index contributed by atoms with van der Waals surface area (Å²) in [4.78, 5) is 26.1. The van der Waals surface area contributed by atoms with Crippen molar-refractivity contribution in [2.45, 2.75) is 31.1 Å². The van der Waals surface area contributed by atoms with Crippen LogP contribution < -0.4 is 5.32 Å². The van der Waals surface area contributed by atoms with Gasteiger partial charge >= 0.3 is 0 Å². The molecule has 2 amide bonds. The molecule has 0 aliphatic carbocycles. The van der Waals surface area contributed by atoms with Gasteiger partial charge in [0.1, 0.15) is 11.6 Å². The molecule has 0 radical (unpaired) electrons. The van der Waals surface area contributed by atoms with Gasteiger partial charge in [-0.2, -0.15) is 4.31 Å². The molecular formula is C23H27F2N3O4S. The number of hydrogen-bond donors (Lipinski definition) is 1. The van der Waals surface area contributed by atoms with Crippen LogP contribution in [0, 0.1) is 11.6 Å². The molecule has 2 aromatic carbocycles. The molecule has 1 aliphatic heterocycles. The zero-order valence-electron chi connectivity index (χ0n) is 18.8. The number of hydrogen-bond acceptors (Lipinski definition) is 4. The van der Waals surface area contributed by atoms with Crippen molar-refractivity contribution in [1.82, 2.24) is 14.5 Å². The molecule has 1 N–H and O–H groups in total. The van der Waals surface area contributed by atoms with E-state index in [0.29, 0.717) is 6.07 Å². The average Bonchev–Trinajstić information content (AvgIpc) is 2.76. The Morgan fingerprint density at radius 2 is 1.48 bits per heavy atom. The molecule has 33 heavy (non-hydrogen) atoms. The lowest BCUT2D eigenvalue weighted by atomic mass is 9.87. The number of rotatable bonds is 5. The molecule has 10 heteroatoms. The zero-order valence-corrected chi connectivity index (χ0v) is 19.6. The van der Waals surface area contributed by atoms with Crippen molar-refractivity contribution in [2.24, 2.45) is 0 Å². The summed E-state index contributed by atoms with van der Waals surface area (Å²) >= 11 is 0. The predicted octanol–water partition coefficient (Wildman–Crippen LogP) is 2.53. The van der Waals surface area contributed by atoms with Gasteiger partial charge in [0.25, 0.3) is 5.91 Å². The maximum Gasteiger partial charge on any atom is 0.251 e. The summed E-state index contributed by atoms with van der Waals surface area (Å²) in [5.74, 6) is -2.97. The van der Waals surface area contributed by atoms with Crippen molar-refractivity contribution >= 4 is 21.8 Å². The first kappa shape index (κ1) is 24.8. The van der Waals surface area contributed by atoms with E-state index in [1.165, 1.54) is 9.21 Å². The Balaban J connectivity index is 1.55. The first-order valence-corrected chi connectivity index (χ1v) is 11.9. The molecule has 0 atom stereocenters. The van der Waals surface area contributed by atoms with Crippen LogP contribution in [0.25, 0.3) is 0 Å². The molecule has 0 aromatic heterocycles. The van der Waals surface area contributed by atoms with E-state index >= 15 is 0 Å². The van der Waals surface area contributed by atoms with Gasteiger partial charge in [-0.3, -0.25) is 9.59 Å². The normalized spacial score (nSPS) is 15.4. The van der Waals surface area contributed by atoms with Crippen molar-refractivity contribution < 1.29 is 26.8 Å². The van der Waals surface area contributed by atoms with E-state index in [9.17, 15) is 26.8 Å². The lowest BCUT2D eigenvalue weighted by molar-refractivity contribution is -0.131. The fourth-order valence-electron chi connectivity index (χ4n) is 3.51. The minimum atomic E-state index is -3.69. The van der Waals surface area contributed by atoms with Gasteiger partial charge in [-0.05, 0) is 35.2 Å². The number of carbonyl (C=O) groups is 2. The number of carbonyl (C=O) groups excluding carboxylic acids is 2. The molecule has 178 valence electrons. The standard InChI is InChI=1S/C23H27F2N3O4S/c1-23(2,3)17-4-6-20(7-5-17)33(31,32)28-10-8-27(9-11-28)21(29)15-26-22(30)16-12-18(24)14-19(25)13-16/h4-7,12-14H,8-11,15H2,1-3H3,(H,26,30). The van der Waals surface area contributed by atoms with Crippen molar-refractivity contribution in [2.75, 3.05) is 32.7 Å². The smallest absolute Gasteiger partial charge is 0.251 e. The second-order valence-electron chi connectivity index (χ2n) is 8.90. The van der Waals surface area contributed by atoms with Crippen molar-refractivity contribution in [3.63, 3.8) is 0 Å². The Morgan fingerprint density at radius 3 is 2.00 bits per heavy atom. The highest BCUT2D eigenvalue weighted by molar-refractivity contribution is 7.89. The van der Waals surface area contributed by atoms with Crippen LogP contribution in [0.2, 0.25) is 0 Å². The first-order valence-electron chi connectivity index (χ1n) is 10.5. The summed E-state index contributed by atoms with van der Waals surface area (Å²) in [6, 6.07) is 9.20. The van der Waals surface area contributed by atoms with Gasteiger partial charge in [0.2, 0.25) is 15.9 Å². The number of amides is 2. The molecule has 1 saturated heterocycles. The topological polar surface area (TPSA) is 86.8 Å². The van der Waals surface area contributed by atoms with E-state index in [1.807, 2.05) is 20.8 Å². The SMILES string of the molecule is CC(C)(C)c1ccc(S(=O)(=O)N2CCN(C(=O)CNC(=O)c3cc(F)cc(F)c3)CC2)cc1. The van der Waals surface area contributed by atoms with E-state index in [0.717, 1.165) is 17.7 Å². The lowest BCUT2D eigenvalue weighted by Gasteiger charge is -2.34. The zero-order chi connectivity index (χ0) is 24.4. The highest BCUT2D eigenvalue weighted by atomic mass is 32.2. The molecule has 0 bridgehead atoms. The lowest BCUT2D eigenvalue weighted by Crippen LogP contribution is -2.52. The van der Waals surface area contributed by atoms with Gasteiger partial charge in [-0.25, -0.2) is 17.2 Å². The highest BCUT2D eigenvalue weighted by Gasteiger charge is 2.30. The Bertz CT molecular complexity index is 1120. The number of nitrogens with zero attached hydrogens (tertiary/aromatic N) is 2. The van der Waals surface area contributed by atoms with Crippen LogP contribution in [-0.2, 0) is 20.2 Å². The van der Waals surface area contributed by atoms with Crippen LogP contribution in [-0.4, -0.2) is 62.2 Å². The molecular weight excluding hydrogens is 452 g/mol.